The number of rotatable bonds is 12. The van der Waals surface area contributed by atoms with Gasteiger partial charge in [0.25, 0.3) is 5.91 Å². The second-order valence-electron chi connectivity index (χ2n) is 10.1. The number of amides is 2. The Kier molecular flexibility index (Phi) is 8.73. The van der Waals surface area contributed by atoms with Gasteiger partial charge in [0, 0.05) is 12.2 Å². The second-order valence-corrected chi connectivity index (χ2v) is 10.1. The quantitative estimate of drug-likeness (QED) is 0.153. The van der Waals surface area contributed by atoms with Gasteiger partial charge in [-0.2, -0.15) is 0 Å². The number of cyclic esters (lactones) is 1. The average Bonchev–Trinajstić information content (AvgIpc) is 3.79. The third-order valence-electron chi connectivity index (χ3n) is 6.91. The van der Waals surface area contributed by atoms with E-state index in [4.69, 9.17) is 18.3 Å². The number of carbonyl (C=O) groups excluding carboxylic acids is 2. The van der Waals surface area contributed by atoms with Gasteiger partial charge in [-0.15, -0.1) is 0 Å². The number of hydrogen-bond acceptors (Lipinski definition) is 8. The highest BCUT2D eigenvalue weighted by Gasteiger charge is 2.40. The van der Waals surface area contributed by atoms with Crippen molar-refractivity contribution in [2.75, 3.05) is 0 Å². The number of oxazole rings is 2. The van der Waals surface area contributed by atoms with Gasteiger partial charge >= 0.3 is 6.09 Å². The molecule has 1 atom stereocenters. The first-order chi connectivity index (χ1) is 21.6. The van der Waals surface area contributed by atoms with Gasteiger partial charge in [0.15, 0.2) is 6.10 Å². The molecule has 1 aliphatic heterocycles. The van der Waals surface area contributed by atoms with Crippen molar-refractivity contribution in [3.05, 3.63) is 137 Å². The summed E-state index contributed by atoms with van der Waals surface area (Å²) in [5.41, 5.74) is 4.19. The van der Waals surface area contributed by atoms with E-state index in [9.17, 15) is 9.59 Å². The number of ether oxygens (including phenoxy) is 2. The number of aryl methyl sites for hydroxylation is 1. The van der Waals surface area contributed by atoms with Gasteiger partial charge in [-0.25, -0.2) is 19.7 Å². The molecule has 0 N–H and O–H groups in total. The van der Waals surface area contributed by atoms with Crippen molar-refractivity contribution in [2.45, 2.75) is 32.1 Å². The summed E-state index contributed by atoms with van der Waals surface area (Å²) in [7, 11) is 0. The molecule has 3 heterocycles. The van der Waals surface area contributed by atoms with Gasteiger partial charge in [-0.1, -0.05) is 72.8 Å². The molecule has 0 spiro atoms. The van der Waals surface area contributed by atoms with Crippen molar-refractivity contribution in [1.29, 1.82) is 0 Å². The maximum absolute atomic E-state index is 12.9. The van der Waals surface area contributed by atoms with Crippen LogP contribution in [0.3, 0.4) is 0 Å². The highest BCUT2D eigenvalue weighted by molar-refractivity contribution is 5.99. The Morgan fingerprint density at radius 3 is 1.95 bits per heavy atom. The molecular formula is C35H29N3O6. The molecule has 1 unspecified atom stereocenters. The van der Waals surface area contributed by atoms with Crippen molar-refractivity contribution in [2.24, 2.45) is 0 Å². The molecule has 44 heavy (non-hydrogen) atoms. The number of aromatic nitrogens is 2. The first-order valence-corrected chi connectivity index (χ1v) is 14.2. The van der Waals surface area contributed by atoms with Crippen LogP contribution >= 0.6 is 0 Å². The maximum Gasteiger partial charge on any atom is 0.417 e. The van der Waals surface area contributed by atoms with E-state index in [0.29, 0.717) is 41.8 Å². The number of nitrogens with zero attached hydrogens (tertiary/aromatic N) is 3. The molecule has 9 heteroatoms. The van der Waals surface area contributed by atoms with E-state index >= 15 is 0 Å². The molecule has 6 rings (SSSR count). The lowest BCUT2D eigenvalue weighted by Crippen LogP contribution is -2.31. The van der Waals surface area contributed by atoms with E-state index in [1.54, 1.807) is 12.3 Å². The third kappa shape index (κ3) is 7.38. The predicted octanol–water partition coefficient (Wildman–Crippen LogP) is 7.06. The molecule has 2 aromatic heterocycles. The first-order valence-electron chi connectivity index (χ1n) is 14.2. The van der Waals surface area contributed by atoms with Crippen LogP contribution in [-0.2, 0) is 29.1 Å². The summed E-state index contributed by atoms with van der Waals surface area (Å²) < 4.78 is 22.2. The van der Waals surface area contributed by atoms with E-state index < -0.39 is 12.2 Å². The third-order valence-corrected chi connectivity index (χ3v) is 6.91. The summed E-state index contributed by atoms with van der Waals surface area (Å²) in [6, 6.07) is 27.2. The van der Waals surface area contributed by atoms with E-state index in [-0.39, 0.29) is 19.1 Å². The zero-order valence-electron chi connectivity index (χ0n) is 23.7. The van der Waals surface area contributed by atoms with Gasteiger partial charge in [0.1, 0.15) is 30.6 Å². The number of benzene rings is 3. The van der Waals surface area contributed by atoms with Crippen LogP contribution in [0.1, 0.15) is 46.3 Å². The molecule has 0 radical (unpaired) electrons. The lowest BCUT2D eigenvalue weighted by molar-refractivity contribution is -0.130. The minimum atomic E-state index is -0.847. The Labute approximate surface area is 254 Å². The minimum Gasteiger partial charge on any atom is -0.487 e. The molecule has 0 bridgehead atoms. The Bertz CT molecular complexity index is 1760. The lowest BCUT2D eigenvalue weighted by Gasteiger charge is -2.09. The highest BCUT2D eigenvalue weighted by atomic mass is 16.6. The minimum absolute atomic E-state index is 0.0147. The van der Waals surface area contributed by atoms with Crippen LogP contribution < -0.4 is 4.74 Å². The molecule has 3 aromatic carbocycles. The Hall–Kier alpha value is -5.70. The topological polar surface area (TPSA) is 108 Å². The van der Waals surface area contributed by atoms with Gasteiger partial charge in [-0.05, 0) is 53.8 Å². The summed E-state index contributed by atoms with van der Waals surface area (Å²) in [6.07, 6.45) is 9.76. The summed E-state index contributed by atoms with van der Waals surface area (Å²) in [4.78, 5) is 35.2. The zero-order valence-corrected chi connectivity index (χ0v) is 23.7. The molecule has 1 fully saturated rings. The second kappa shape index (κ2) is 13.5. The average molecular weight is 588 g/mol. The molecule has 2 amide bonds. The van der Waals surface area contributed by atoms with Gasteiger partial charge in [0.05, 0.1) is 12.2 Å². The van der Waals surface area contributed by atoms with Crippen LogP contribution in [-0.4, -0.2) is 33.0 Å². The zero-order chi connectivity index (χ0) is 30.1. The standard InChI is InChI=1S/C35H29N3O6/c39-34-31(44-35(40)38(34)21-28-22-42-32(36-28)19-14-25-7-3-1-4-8-25)18-13-27-11-16-30(17-12-27)41-23-29-24-43-33(37-29)20-15-26-9-5-2-6-10-26/h1-12,14-17,19-20,22,24,31H,13,18,21,23H2. The molecule has 0 saturated carbocycles. The van der Waals surface area contributed by atoms with E-state index in [1.165, 1.54) is 6.26 Å². The fraction of sp³-hybridized carbons (Fsp3) is 0.143. The fourth-order valence-electron chi connectivity index (χ4n) is 4.59. The van der Waals surface area contributed by atoms with Gasteiger partial charge < -0.3 is 18.3 Å². The molecule has 1 aliphatic rings. The van der Waals surface area contributed by atoms with Crippen LogP contribution in [0, 0.1) is 0 Å². The van der Waals surface area contributed by atoms with Crippen molar-refractivity contribution in [3.8, 4) is 5.75 Å². The van der Waals surface area contributed by atoms with Gasteiger partial charge in [0.2, 0.25) is 11.8 Å². The lowest BCUT2D eigenvalue weighted by atomic mass is 10.1. The smallest absolute Gasteiger partial charge is 0.417 e. The number of hydrogen-bond donors (Lipinski definition) is 0. The Morgan fingerprint density at radius 2 is 1.32 bits per heavy atom. The summed E-state index contributed by atoms with van der Waals surface area (Å²) in [5, 5.41) is 0. The largest absolute Gasteiger partial charge is 0.487 e. The SMILES string of the molecule is O=C1OC(CCc2ccc(OCc3coc(C=Cc4ccccc4)n3)cc2)C(=O)N1Cc1coc(C=Cc2ccccc2)n1. The maximum atomic E-state index is 12.9. The molecular weight excluding hydrogens is 558 g/mol. The monoisotopic (exact) mass is 587 g/mol. The van der Waals surface area contributed by atoms with Crippen molar-refractivity contribution >= 4 is 36.3 Å². The normalized spacial score (nSPS) is 15.0. The molecule has 1 saturated heterocycles. The molecule has 0 aliphatic carbocycles. The highest BCUT2D eigenvalue weighted by Crippen LogP contribution is 2.22. The van der Waals surface area contributed by atoms with Crippen molar-refractivity contribution in [3.63, 3.8) is 0 Å². The first kappa shape index (κ1) is 28.4. The molecule has 5 aromatic rings. The predicted molar refractivity (Wildman–Crippen MR) is 164 cm³/mol. The van der Waals surface area contributed by atoms with Crippen molar-refractivity contribution in [1.82, 2.24) is 14.9 Å². The van der Waals surface area contributed by atoms with E-state index in [2.05, 4.69) is 9.97 Å². The van der Waals surface area contributed by atoms with E-state index in [0.717, 1.165) is 21.6 Å². The summed E-state index contributed by atoms with van der Waals surface area (Å²) in [6.45, 7) is 0.250. The molecule has 9 nitrogen and oxygen atoms in total. The summed E-state index contributed by atoms with van der Waals surface area (Å²) in [5.74, 6) is 1.18. The van der Waals surface area contributed by atoms with Crippen LogP contribution in [0.2, 0.25) is 0 Å². The van der Waals surface area contributed by atoms with Crippen LogP contribution in [0.15, 0.2) is 106 Å². The van der Waals surface area contributed by atoms with E-state index in [1.807, 2.05) is 103 Å². The van der Waals surface area contributed by atoms with Crippen LogP contribution in [0.4, 0.5) is 4.79 Å². The number of carbonyl (C=O) groups is 2. The van der Waals surface area contributed by atoms with Crippen molar-refractivity contribution < 1.29 is 27.9 Å². The Morgan fingerprint density at radius 1 is 0.727 bits per heavy atom. The summed E-state index contributed by atoms with van der Waals surface area (Å²) >= 11 is 0. The van der Waals surface area contributed by atoms with Crippen LogP contribution in [0.5, 0.6) is 5.75 Å². The fourth-order valence-corrected chi connectivity index (χ4v) is 4.59. The molecule has 220 valence electrons. The van der Waals surface area contributed by atoms with Gasteiger partial charge in [-0.3, -0.25) is 4.79 Å². The van der Waals surface area contributed by atoms with Crippen LogP contribution in [0.25, 0.3) is 24.3 Å². The number of imide groups is 1. The Balaban J connectivity index is 0.956.